The van der Waals surface area contributed by atoms with E-state index in [0.29, 0.717) is 33.2 Å². The molecule has 0 aliphatic rings. The quantitative estimate of drug-likeness (QED) is 0.0944. The lowest BCUT2D eigenvalue weighted by atomic mass is 10.0. The fourth-order valence-corrected chi connectivity index (χ4v) is 4.13. The number of urea groups is 1. The van der Waals surface area contributed by atoms with Crippen LogP contribution in [0.15, 0.2) is 59.6 Å². The summed E-state index contributed by atoms with van der Waals surface area (Å²) in [4.78, 5) is 33.0. The van der Waals surface area contributed by atoms with E-state index < -0.39 is 17.6 Å². The van der Waals surface area contributed by atoms with E-state index in [1.165, 1.54) is 45.3 Å². The first-order chi connectivity index (χ1) is 18.0. The summed E-state index contributed by atoms with van der Waals surface area (Å²) in [5.41, 5.74) is 10.3. The minimum absolute atomic E-state index is 0.0566. The lowest BCUT2D eigenvalue weighted by Gasteiger charge is -2.16. The number of rotatable bonds is 10. The first-order valence-corrected chi connectivity index (χ1v) is 12.9. The summed E-state index contributed by atoms with van der Waals surface area (Å²) in [6, 6.07) is 11.3. The van der Waals surface area contributed by atoms with Crippen molar-refractivity contribution in [2.24, 2.45) is 11.5 Å². The van der Waals surface area contributed by atoms with Crippen LogP contribution in [0.3, 0.4) is 0 Å². The number of carbonyl (C=O) groups is 2. The minimum Gasteiger partial charge on any atom is -0.398 e. The summed E-state index contributed by atoms with van der Waals surface area (Å²) in [5, 5.41) is 17.8. The lowest BCUT2D eigenvalue weighted by Crippen LogP contribution is -2.19. The molecule has 0 fully saturated rings. The Kier molecular flexibility index (Phi) is 9.56. The van der Waals surface area contributed by atoms with Crippen LogP contribution in [0.5, 0.6) is 0 Å². The number of halogens is 2. The van der Waals surface area contributed by atoms with Gasteiger partial charge in [0.2, 0.25) is 11.9 Å². The van der Waals surface area contributed by atoms with E-state index in [0.717, 1.165) is 6.08 Å². The summed E-state index contributed by atoms with van der Waals surface area (Å²) in [5.74, 6) is -0.519. The fourth-order valence-electron chi connectivity index (χ4n) is 3.34. The van der Waals surface area contributed by atoms with Gasteiger partial charge in [-0.2, -0.15) is 8.78 Å². The number of thioether (sulfide) groups is 1. The van der Waals surface area contributed by atoms with E-state index in [1.807, 2.05) is 0 Å². The van der Waals surface area contributed by atoms with Crippen molar-refractivity contribution in [1.29, 1.82) is 0 Å². The maximum absolute atomic E-state index is 13.4. The second-order valence-corrected chi connectivity index (χ2v) is 9.31. The molecule has 38 heavy (non-hydrogen) atoms. The standard InChI is InChI=1S/C24H26F2N7O3PS/c1-38-21-19(17(27)12-18(28)35)20(32-22(33-21)29-9-10-34)13-3-2-4-16(11-13)31-23(36)30-15-7-5-14(6-8-15)24(25,26)37/h2-8,11-12,34H,9-10,27,37H2,1H3,(H2,28,35)(H,29,32,33)(H2,30,31,36)/b17-12-. The molecule has 0 spiro atoms. The van der Waals surface area contributed by atoms with Gasteiger partial charge in [-0.1, -0.05) is 33.5 Å². The number of carbonyl (C=O) groups excluding carboxylic acids is 2. The molecule has 8 N–H and O–H groups in total. The zero-order valence-electron chi connectivity index (χ0n) is 20.2. The van der Waals surface area contributed by atoms with Crippen molar-refractivity contribution in [2.45, 2.75) is 10.7 Å². The molecule has 200 valence electrons. The van der Waals surface area contributed by atoms with Crippen LogP contribution < -0.4 is 27.4 Å². The Morgan fingerprint density at radius 2 is 1.79 bits per heavy atom. The first-order valence-electron chi connectivity index (χ1n) is 11.0. The molecule has 1 heterocycles. The smallest absolute Gasteiger partial charge is 0.323 e. The second-order valence-electron chi connectivity index (χ2n) is 7.79. The van der Waals surface area contributed by atoms with E-state index in [2.05, 4.69) is 25.9 Å². The molecule has 0 aliphatic heterocycles. The number of aliphatic hydroxyl groups excluding tert-OH is 1. The van der Waals surface area contributed by atoms with Crippen molar-refractivity contribution in [2.75, 3.05) is 35.4 Å². The number of alkyl halides is 2. The molecule has 1 aromatic heterocycles. The van der Waals surface area contributed by atoms with Crippen LogP contribution >= 0.6 is 21.0 Å². The molecule has 0 aliphatic carbocycles. The number of aliphatic hydroxyl groups is 1. The third-order valence-corrected chi connectivity index (χ3v) is 5.99. The zero-order chi connectivity index (χ0) is 27.9. The highest BCUT2D eigenvalue weighted by atomic mass is 32.2. The van der Waals surface area contributed by atoms with Crippen molar-refractivity contribution in [3.05, 3.63) is 65.7 Å². The number of anilines is 3. The van der Waals surface area contributed by atoms with Gasteiger partial charge in [-0.25, -0.2) is 14.8 Å². The average Bonchev–Trinajstić information content (AvgIpc) is 2.86. The molecule has 1 unspecified atom stereocenters. The van der Waals surface area contributed by atoms with Crippen LogP contribution in [0.2, 0.25) is 0 Å². The van der Waals surface area contributed by atoms with E-state index in [1.54, 1.807) is 30.5 Å². The van der Waals surface area contributed by atoms with Crippen molar-refractivity contribution < 1.29 is 23.5 Å². The number of amides is 3. The maximum Gasteiger partial charge on any atom is 0.323 e. The molecule has 2 aromatic carbocycles. The molecule has 0 saturated heterocycles. The Morgan fingerprint density at radius 1 is 1.11 bits per heavy atom. The number of nitrogens with two attached hydrogens (primary N) is 2. The van der Waals surface area contributed by atoms with Gasteiger partial charge in [-0.3, -0.25) is 4.79 Å². The Balaban J connectivity index is 1.93. The SMILES string of the molecule is CSc1nc(NCCO)nc(-c2cccc(NC(=O)Nc3ccc(C(F)(F)P)cc3)c2)c1/C(N)=C/C(N)=O. The first kappa shape index (κ1) is 28.8. The summed E-state index contributed by atoms with van der Waals surface area (Å²) in [6.45, 7) is 0.0620. The zero-order valence-corrected chi connectivity index (χ0v) is 22.1. The summed E-state index contributed by atoms with van der Waals surface area (Å²) < 4.78 is 26.8. The molecule has 3 rings (SSSR count). The van der Waals surface area contributed by atoms with E-state index in [9.17, 15) is 23.5 Å². The summed E-state index contributed by atoms with van der Waals surface area (Å²) in [7, 11) is 1.46. The Morgan fingerprint density at radius 3 is 2.39 bits per heavy atom. The molecule has 10 nitrogen and oxygen atoms in total. The topological polar surface area (TPSA) is 168 Å². The third kappa shape index (κ3) is 7.60. The Hall–Kier alpha value is -3.80. The molecule has 1 atom stereocenters. The van der Waals surface area contributed by atoms with Crippen LogP contribution in [-0.2, 0) is 10.5 Å². The van der Waals surface area contributed by atoms with Gasteiger partial charge in [0.1, 0.15) is 5.03 Å². The highest BCUT2D eigenvalue weighted by molar-refractivity contribution is 7.98. The second kappa shape index (κ2) is 12.6. The number of benzene rings is 2. The number of primary amides is 1. The predicted octanol–water partition coefficient (Wildman–Crippen LogP) is 3.62. The molecule has 0 saturated carbocycles. The largest absolute Gasteiger partial charge is 0.398 e. The number of nitrogens with one attached hydrogen (secondary N) is 3. The van der Waals surface area contributed by atoms with Gasteiger partial charge in [0.05, 0.1) is 17.9 Å². The summed E-state index contributed by atoms with van der Waals surface area (Å²) >= 11 is 1.27. The van der Waals surface area contributed by atoms with Gasteiger partial charge in [0.25, 0.3) is 5.66 Å². The van der Waals surface area contributed by atoms with Crippen molar-refractivity contribution in [3.63, 3.8) is 0 Å². The maximum atomic E-state index is 13.4. The van der Waals surface area contributed by atoms with E-state index in [4.69, 9.17) is 11.5 Å². The molecule has 3 aromatic rings. The monoisotopic (exact) mass is 561 g/mol. The van der Waals surface area contributed by atoms with Gasteiger partial charge in [0, 0.05) is 40.8 Å². The number of hydrogen-bond donors (Lipinski definition) is 6. The normalized spacial score (nSPS) is 11.7. The predicted molar refractivity (Wildman–Crippen MR) is 149 cm³/mol. The van der Waals surface area contributed by atoms with Gasteiger partial charge >= 0.3 is 6.03 Å². The van der Waals surface area contributed by atoms with Crippen molar-refractivity contribution in [3.8, 4) is 11.3 Å². The average molecular weight is 562 g/mol. The van der Waals surface area contributed by atoms with Crippen molar-refractivity contribution >= 4 is 56.0 Å². The van der Waals surface area contributed by atoms with Gasteiger partial charge in [-0.05, 0) is 30.5 Å². The van der Waals surface area contributed by atoms with Gasteiger partial charge in [0.15, 0.2) is 0 Å². The van der Waals surface area contributed by atoms with Crippen LogP contribution in [0.4, 0.5) is 30.9 Å². The Bertz CT molecular complexity index is 1350. The van der Waals surface area contributed by atoms with E-state index >= 15 is 0 Å². The molecular weight excluding hydrogens is 535 g/mol. The molecular formula is C24H26F2N7O3PS. The van der Waals surface area contributed by atoms with Crippen molar-refractivity contribution in [1.82, 2.24) is 9.97 Å². The van der Waals surface area contributed by atoms with E-state index in [-0.39, 0.29) is 30.4 Å². The molecule has 3 amide bonds. The number of hydrogen-bond acceptors (Lipinski definition) is 8. The number of nitrogens with zero attached hydrogens (tertiary/aromatic N) is 2. The molecule has 0 radical (unpaired) electrons. The Labute approximate surface area is 223 Å². The van der Waals surface area contributed by atoms with Crippen LogP contribution in [0.1, 0.15) is 11.1 Å². The van der Waals surface area contributed by atoms with Crippen LogP contribution in [0.25, 0.3) is 17.0 Å². The van der Waals surface area contributed by atoms with Crippen LogP contribution in [0, 0.1) is 0 Å². The highest BCUT2D eigenvalue weighted by Gasteiger charge is 2.24. The third-order valence-electron chi connectivity index (χ3n) is 4.97. The molecule has 14 heteroatoms. The summed E-state index contributed by atoms with van der Waals surface area (Å²) in [6.07, 6.45) is 2.84. The number of aromatic nitrogens is 2. The molecule has 0 bridgehead atoms. The van der Waals surface area contributed by atoms with Gasteiger partial charge in [-0.15, -0.1) is 11.8 Å². The minimum atomic E-state index is -3.07. The van der Waals surface area contributed by atoms with Crippen LogP contribution in [-0.4, -0.2) is 46.4 Å². The highest BCUT2D eigenvalue weighted by Crippen LogP contribution is 2.35. The van der Waals surface area contributed by atoms with Gasteiger partial charge < -0.3 is 32.5 Å². The lowest BCUT2D eigenvalue weighted by molar-refractivity contribution is -0.113. The fraction of sp³-hybridized carbons (Fsp3) is 0.167.